The lowest BCUT2D eigenvalue weighted by atomic mass is 9.65. The van der Waals surface area contributed by atoms with Gasteiger partial charge in [-0.1, -0.05) is 20.8 Å². The van der Waals surface area contributed by atoms with Gasteiger partial charge in [-0.2, -0.15) is 0 Å². The van der Waals surface area contributed by atoms with Gasteiger partial charge in [0.05, 0.1) is 0 Å². The Morgan fingerprint density at radius 1 is 0.650 bits per heavy atom. The molecule has 0 amide bonds. The zero-order valence-corrected chi connectivity index (χ0v) is 14.7. The molecule has 20 heavy (non-hydrogen) atoms. The standard InChI is InChI=1S/C20H32/c1-11-9-12(2)13(3)19(10-11)20-17(7)15(5)14(4)16(6)18(20)8/h11-13,19H,9-10H2,1-8H3. The SMILES string of the molecule is Cc1c(C)c(C)c(C2CC(C)CC(C)C2C)c(C)c1C. The predicted molar refractivity (Wildman–Crippen MR) is 89.6 cm³/mol. The van der Waals surface area contributed by atoms with Crippen LogP contribution in [0.1, 0.15) is 72.9 Å². The molecule has 112 valence electrons. The summed E-state index contributed by atoms with van der Waals surface area (Å²) >= 11 is 0. The fraction of sp³-hybridized carbons (Fsp3) is 0.700. The number of benzene rings is 1. The fourth-order valence-corrected chi connectivity index (χ4v) is 4.46. The molecule has 0 aromatic heterocycles. The normalized spacial score (nSPS) is 30.6. The third-order valence-electron chi connectivity index (χ3n) is 6.39. The Balaban J connectivity index is 2.57. The van der Waals surface area contributed by atoms with Crippen LogP contribution in [0.5, 0.6) is 0 Å². The summed E-state index contributed by atoms with van der Waals surface area (Å²) in [5.74, 6) is 3.29. The van der Waals surface area contributed by atoms with Crippen LogP contribution < -0.4 is 0 Å². The van der Waals surface area contributed by atoms with Gasteiger partial charge in [0.2, 0.25) is 0 Å². The molecular weight excluding hydrogens is 240 g/mol. The summed E-state index contributed by atoms with van der Waals surface area (Å²) in [6, 6.07) is 0. The van der Waals surface area contributed by atoms with E-state index in [9.17, 15) is 0 Å². The number of hydrogen-bond donors (Lipinski definition) is 0. The zero-order chi connectivity index (χ0) is 15.2. The molecule has 1 aromatic rings. The molecule has 1 aromatic carbocycles. The van der Waals surface area contributed by atoms with Gasteiger partial charge in [0.15, 0.2) is 0 Å². The zero-order valence-electron chi connectivity index (χ0n) is 14.7. The second-order valence-corrected chi connectivity index (χ2v) is 7.56. The number of hydrogen-bond acceptors (Lipinski definition) is 0. The highest BCUT2D eigenvalue weighted by Crippen LogP contribution is 2.46. The van der Waals surface area contributed by atoms with Crippen molar-refractivity contribution >= 4 is 0 Å². The molecule has 0 spiro atoms. The van der Waals surface area contributed by atoms with E-state index in [0.29, 0.717) is 0 Å². The lowest BCUT2D eigenvalue weighted by Gasteiger charge is -2.40. The van der Waals surface area contributed by atoms with Crippen LogP contribution in [0.25, 0.3) is 0 Å². The Morgan fingerprint density at radius 3 is 1.60 bits per heavy atom. The van der Waals surface area contributed by atoms with E-state index in [1.807, 2.05) is 0 Å². The van der Waals surface area contributed by atoms with Crippen molar-refractivity contribution in [3.63, 3.8) is 0 Å². The predicted octanol–water partition coefficient (Wildman–Crippen LogP) is 6.01. The quantitative estimate of drug-likeness (QED) is 0.587. The van der Waals surface area contributed by atoms with Gasteiger partial charge in [0.25, 0.3) is 0 Å². The maximum Gasteiger partial charge on any atom is -0.0126 e. The first kappa shape index (κ1) is 15.6. The molecule has 4 unspecified atom stereocenters. The molecule has 0 bridgehead atoms. The van der Waals surface area contributed by atoms with Crippen molar-refractivity contribution in [3.8, 4) is 0 Å². The first-order valence-electron chi connectivity index (χ1n) is 8.32. The second-order valence-electron chi connectivity index (χ2n) is 7.56. The average molecular weight is 272 g/mol. The molecule has 1 aliphatic carbocycles. The Labute approximate surface area is 126 Å². The third kappa shape index (κ3) is 2.43. The molecule has 0 heterocycles. The average Bonchev–Trinajstić information content (AvgIpc) is 2.39. The van der Waals surface area contributed by atoms with E-state index in [0.717, 1.165) is 23.7 Å². The molecule has 0 heteroatoms. The Hall–Kier alpha value is -0.780. The summed E-state index contributed by atoms with van der Waals surface area (Å²) in [6.07, 6.45) is 2.77. The summed E-state index contributed by atoms with van der Waals surface area (Å²) in [4.78, 5) is 0. The van der Waals surface area contributed by atoms with Gasteiger partial charge in [-0.15, -0.1) is 0 Å². The van der Waals surface area contributed by atoms with Crippen LogP contribution in [-0.4, -0.2) is 0 Å². The van der Waals surface area contributed by atoms with Gasteiger partial charge in [-0.3, -0.25) is 0 Å². The molecule has 0 aliphatic heterocycles. The molecule has 4 atom stereocenters. The van der Waals surface area contributed by atoms with Crippen LogP contribution in [0.3, 0.4) is 0 Å². The minimum Gasteiger partial charge on any atom is -0.0625 e. The van der Waals surface area contributed by atoms with E-state index < -0.39 is 0 Å². The van der Waals surface area contributed by atoms with E-state index in [1.165, 1.54) is 29.5 Å². The molecule has 1 aliphatic rings. The van der Waals surface area contributed by atoms with E-state index >= 15 is 0 Å². The summed E-state index contributed by atoms with van der Waals surface area (Å²) in [7, 11) is 0. The van der Waals surface area contributed by atoms with Crippen LogP contribution in [0, 0.1) is 52.4 Å². The first-order valence-corrected chi connectivity index (χ1v) is 8.32. The van der Waals surface area contributed by atoms with Crippen LogP contribution in [0.15, 0.2) is 0 Å². The summed E-state index contributed by atoms with van der Waals surface area (Å²) in [5, 5.41) is 0. The van der Waals surface area contributed by atoms with E-state index in [-0.39, 0.29) is 0 Å². The summed E-state index contributed by atoms with van der Waals surface area (Å²) < 4.78 is 0. The summed E-state index contributed by atoms with van der Waals surface area (Å²) in [5.41, 5.74) is 9.32. The monoisotopic (exact) mass is 272 g/mol. The van der Waals surface area contributed by atoms with Crippen molar-refractivity contribution in [2.24, 2.45) is 17.8 Å². The van der Waals surface area contributed by atoms with Gasteiger partial charge in [-0.25, -0.2) is 0 Å². The van der Waals surface area contributed by atoms with Gasteiger partial charge in [0, 0.05) is 0 Å². The molecule has 2 rings (SSSR count). The highest BCUT2D eigenvalue weighted by atomic mass is 14.4. The minimum atomic E-state index is 0.756. The lowest BCUT2D eigenvalue weighted by molar-refractivity contribution is 0.186. The maximum absolute atomic E-state index is 2.48. The van der Waals surface area contributed by atoms with Crippen molar-refractivity contribution in [1.29, 1.82) is 0 Å². The first-order chi connectivity index (χ1) is 9.25. The molecule has 1 saturated carbocycles. The number of rotatable bonds is 1. The van der Waals surface area contributed by atoms with Crippen LogP contribution in [0.2, 0.25) is 0 Å². The Kier molecular flexibility index (Phi) is 4.33. The van der Waals surface area contributed by atoms with Crippen molar-refractivity contribution in [2.75, 3.05) is 0 Å². The topological polar surface area (TPSA) is 0 Å². The van der Waals surface area contributed by atoms with Gasteiger partial charge < -0.3 is 0 Å². The molecule has 0 saturated heterocycles. The molecule has 0 N–H and O–H groups in total. The van der Waals surface area contributed by atoms with Crippen molar-refractivity contribution in [1.82, 2.24) is 0 Å². The molecule has 0 nitrogen and oxygen atoms in total. The highest BCUT2D eigenvalue weighted by molar-refractivity contribution is 5.51. The van der Waals surface area contributed by atoms with Crippen molar-refractivity contribution in [2.45, 2.75) is 74.1 Å². The largest absolute Gasteiger partial charge is 0.0625 e. The van der Waals surface area contributed by atoms with Gasteiger partial charge in [0.1, 0.15) is 0 Å². The van der Waals surface area contributed by atoms with Crippen LogP contribution in [-0.2, 0) is 0 Å². The Morgan fingerprint density at radius 2 is 1.10 bits per heavy atom. The van der Waals surface area contributed by atoms with Gasteiger partial charge >= 0.3 is 0 Å². The van der Waals surface area contributed by atoms with E-state index in [2.05, 4.69) is 55.4 Å². The molecule has 1 fully saturated rings. The van der Waals surface area contributed by atoms with E-state index in [1.54, 1.807) is 16.7 Å². The van der Waals surface area contributed by atoms with Crippen LogP contribution in [0.4, 0.5) is 0 Å². The fourth-order valence-electron chi connectivity index (χ4n) is 4.46. The molecule has 0 radical (unpaired) electrons. The van der Waals surface area contributed by atoms with Crippen molar-refractivity contribution in [3.05, 3.63) is 33.4 Å². The lowest BCUT2D eigenvalue weighted by Crippen LogP contribution is -2.28. The van der Waals surface area contributed by atoms with E-state index in [4.69, 9.17) is 0 Å². The van der Waals surface area contributed by atoms with Crippen LogP contribution >= 0.6 is 0 Å². The summed E-state index contributed by atoms with van der Waals surface area (Å²) in [6.45, 7) is 19.0. The maximum atomic E-state index is 2.48. The molecular formula is C20H32. The highest BCUT2D eigenvalue weighted by Gasteiger charge is 2.34. The minimum absolute atomic E-state index is 0.756. The van der Waals surface area contributed by atoms with Crippen molar-refractivity contribution < 1.29 is 0 Å². The third-order valence-corrected chi connectivity index (χ3v) is 6.39. The smallest absolute Gasteiger partial charge is 0.0126 e. The van der Waals surface area contributed by atoms with Gasteiger partial charge in [-0.05, 0) is 105 Å². The second kappa shape index (κ2) is 5.54. The Bertz CT molecular complexity index is 480.